The van der Waals surface area contributed by atoms with Gasteiger partial charge in [0.25, 0.3) is 0 Å². The van der Waals surface area contributed by atoms with Crippen LogP contribution in [0.4, 0.5) is 0 Å². The highest BCUT2D eigenvalue weighted by Gasteiger charge is 2.19. The molecule has 0 saturated heterocycles. The molecule has 1 aliphatic rings. The maximum absolute atomic E-state index is 5.89. The topological polar surface area (TPSA) is 30.8 Å². The van der Waals surface area contributed by atoms with Crippen LogP contribution in [0, 0.1) is 5.92 Å². The molecule has 21 heavy (non-hydrogen) atoms. The third-order valence-electron chi connectivity index (χ3n) is 3.98. The number of benzene rings is 1. The zero-order valence-corrected chi connectivity index (χ0v) is 13.5. The Hall–Kier alpha value is -1.51. The second-order valence-corrected chi connectivity index (χ2v) is 5.81. The minimum atomic E-state index is 0.621. The van der Waals surface area contributed by atoms with Crippen molar-refractivity contribution in [1.29, 1.82) is 0 Å². The van der Waals surface area contributed by atoms with E-state index in [4.69, 9.17) is 9.57 Å². The second-order valence-electron chi connectivity index (χ2n) is 5.81. The molecule has 0 saturated carbocycles. The summed E-state index contributed by atoms with van der Waals surface area (Å²) in [6.45, 7) is 7.91. The lowest BCUT2D eigenvalue weighted by atomic mass is 10.0. The predicted molar refractivity (Wildman–Crippen MR) is 87.1 cm³/mol. The number of oxime groups is 1. The lowest BCUT2D eigenvalue weighted by Crippen LogP contribution is -2.04. The van der Waals surface area contributed by atoms with Gasteiger partial charge in [-0.1, -0.05) is 31.8 Å². The third kappa shape index (κ3) is 4.48. The van der Waals surface area contributed by atoms with Gasteiger partial charge >= 0.3 is 0 Å². The molecule has 0 radical (unpaired) electrons. The van der Waals surface area contributed by atoms with Crippen molar-refractivity contribution >= 4 is 5.71 Å². The Morgan fingerprint density at radius 3 is 2.81 bits per heavy atom. The molecule has 1 atom stereocenters. The number of nitrogens with zero attached hydrogens (tertiary/aromatic N) is 1. The standard InChI is InChI=1S/C18H27NO2/c1-4-6-14(3)11-12-20-16-8-9-17-15(13-16)7-10-18(17)19-21-5-2/h8-9,13-14H,4-7,10-12H2,1-3H3/b19-18+. The van der Waals surface area contributed by atoms with Crippen molar-refractivity contribution < 1.29 is 9.57 Å². The van der Waals surface area contributed by atoms with Gasteiger partial charge in [0.05, 0.1) is 12.3 Å². The third-order valence-corrected chi connectivity index (χ3v) is 3.98. The summed E-state index contributed by atoms with van der Waals surface area (Å²) in [6.07, 6.45) is 5.66. The first kappa shape index (κ1) is 15.9. The van der Waals surface area contributed by atoms with Crippen LogP contribution in [-0.4, -0.2) is 18.9 Å². The molecule has 1 aromatic rings. The summed E-state index contributed by atoms with van der Waals surface area (Å²) in [7, 11) is 0. The highest BCUT2D eigenvalue weighted by molar-refractivity contribution is 6.04. The normalized spacial score (nSPS) is 16.8. The SMILES string of the molecule is CCCC(C)CCOc1ccc2c(c1)CC/C2=N\OCC. The molecule has 3 heteroatoms. The number of rotatable bonds is 8. The summed E-state index contributed by atoms with van der Waals surface area (Å²) >= 11 is 0. The molecule has 0 aliphatic heterocycles. The molecule has 1 aromatic carbocycles. The van der Waals surface area contributed by atoms with Crippen LogP contribution in [0.5, 0.6) is 5.75 Å². The Morgan fingerprint density at radius 2 is 2.05 bits per heavy atom. The largest absolute Gasteiger partial charge is 0.494 e. The lowest BCUT2D eigenvalue weighted by Gasteiger charge is -2.12. The minimum Gasteiger partial charge on any atom is -0.494 e. The van der Waals surface area contributed by atoms with Crippen molar-refractivity contribution in [2.45, 2.75) is 52.9 Å². The van der Waals surface area contributed by atoms with E-state index in [9.17, 15) is 0 Å². The summed E-state index contributed by atoms with van der Waals surface area (Å²) in [5.74, 6) is 1.73. The van der Waals surface area contributed by atoms with E-state index in [1.807, 2.05) is 6.92 Å². The number of hydrogen-bond donors (Lipinski definition) is 0. The summed E-state index contributed by atoms with van der Waals surface area (Å²) in [4.78, 5) is 5.18. The number of hydrogen-bond acceptors (Lipinski definition) is 3. The van der Waals surface area contributed by atoms with E-state index in [2.05, 4.69) is 37.2 Å². The van der Waals surface area contributed by atoms with E-state index < -0.39 is 0 Å². The maximum atomic E-state index is 5.89. The first-order valence-corrected chi connectivity index (χ1v) is 8.19. The van der Waals surface area contributed by atoms with Crippen molar-refractivity contribution in [3.05, 3.63) is 29.3 Å². The van der Waals surface area contributed by atoms with Crippen molar-refractivity contribution in [3.63, 3.8) is 0 Å². The van der Waals surface area contributed by atoms with Crippen LogP contribution in [0.25, 0.3) is 0 Å². The van der Waals surface area contributed by atoms with Gasteiger partial charge in [0.1, 0.15) is 12.4 Å². The highest BCUT2D eigenvalue weighted by atomic mass is 16.6. The van der Waals surface area contributed by atoms with Crippen LogP contribution in [0.1, 0.15) is 57.6 Å². The Kier molecular flexibility index (Phi) is 6.09. The van der Waals surface area contributed by atoms with Crippen LogP contribution in [0.3, 0.4) is 0 Å². The summed E-state index contributed by atoms with van der Waals surface area (Å²) in [5, 5.41) is 4.19. The molecule has 116 valence electrons. The Balaban J connectivity index is 1.90. The Labute approximate surface area is 128 Å². The highest BCUT2D eigenvalue weighted by Crippen LogP contribution is 2.27. The quantitative estimate of drug-likeness (QED) is 0.656. The van der Waals surface area contributed by atoms with Gasteiger partial charge in [-0.15, -0.1) is 0 Å². The molecule has 0 fully saturated rings. The van der Waals surface area contributed by atoms with Gasteiger partial charge in [-0.3, -0.25) is 0 Å². The van der Waals surface area contributed by atoms with Crippen molar-refractivity contribution in [2.75, 3.05) is 13.2 Å². The zero-order valence-electron chi connectivity index (χ0n) is 13.5. The van der Waals surface area contributed by atoms with Gasteiger partial charge in [0, 0.05) is 5.56 Å². The summed E-state index contributed by atoms with van der Waals surface area (Å²) < 4.78 is 5.89. The molecule has 0 heterocycles. The molecule has 0 aromatic heterocycles. The van der Waals surface area contributed by atoms with Crippen molar-refractivity contribution in [1.82, 2.24) is 0 Å². The average Bonchev–Trinajstić information content (AvgIpc) is 2.88. The smallest absolute Gasteiger partial charge is 0.119 e. The molecule has 2 rings (SSSR count). The van der Waals surface area contributed by atoms with Crippen LogP contribution in [0.15, 0.2) is 23.4 Å². The number of aryl methyl sites for hydroxylation is 1. The van der Waals surface area contributed by atoms with Gasteiger partial charge in [-0.25, -0.2) is 0 Å². The predicted octanol–water partition coefficient (Wildman–Crippen LogP) is 4.58. The van der Waals surface area contributed by atoms with Crippen LogP contribution < -0.4 is 4.74 Å². The molecule has 1 unspecified atom stereocenters. The molecule has 0 N–H and O–H groups in total. The average molecular weight is 289 g/mol. The van der Waals surface area contributed by atoms with E-state index in [0.29, 0.717) is 6.61 Å². The van der Waals surface area contributed by atoms with E-state index >= 15 is 0 Å². The molecule has 0 amide bonds. The lowest BCUT2D eigenvalue weighted by molar-refractivity contribution is 0.158. The monoisotopic (exact) mass is 289 g/mol. The van der Waals surface area contributed by atoms with Crippen molar-refractivity contribution in [2.24, 2.45) is 11.1 Å². The molecule has 3 nitrogen and oxygen atoms in total. The molecular weight excluding hydrogens is 262 g/mol. The van der Waals surface area contributed by atoms with Gasteiger partial charge in [0.2, 0.25) is 0 Å². The van der Waals surface area contributed by atoms with Crippen LogP contribution in [-0.2, 0) is 11.3 Å². The minimum absolute atomic E-state index is 0.621. The fraction of sp³-hybridized carbons (Fsp3) is 0.611. The molecule has 1 aliphatic carbocycles. The van der Waals surface area contributed by atoms with E-state index in [0.717, 1.165) is 43.2 Å². The summed E-state index contributed by atoms with van der Waals surface area (Å²) in [5.41, 5.74) is 3.61. The zero-order chi connectivity index (χ0) is 15.1. The van der Waals surface area contributed by atoms with Gasteiger partial charge in [-0.2, -0.15) is 0 Å². The first-order valence-electron chi connectivity index (χ1n) is 8.19. The number of fused-ring (bicyclic) bond motifs is 1. The van der Waals surface area contributed by atoms with Gasteiger partial charge in [0.15, 0.2) is 0 Å². The second kappa shape index (κ2) is 8.06. The van der Waals surface area contributed by atoms with Crippen LogP contribution in [0.2, 0.25) is 0 Å². The van der Waals surface area contributed by atoms with Crippen molar-refractivity contribution in [3.8, 4) is 5.75 Å². The number of ether oxygens (including phenoxy) is 1. The summed E-state index contributed by atoms with van der Waals surface area (Å²) in [6, 6.07) is 6.33. The van der Waals surface area contributed by atoms with E-state index in [-0.39, 0.29) is 0 Å². The fourth-order valence-electron chi connectivity index (χ4n) is 2.79. The van der Waals surface area contributed by atoms with E-state index in [1.54, 1.807) is 0 Å². The first-order chi connectivity index (χ1) is 10.2. The molecular formula is C18H27NO2. The molecule has 0 spiro atoms. The van der Waals surface area contributed by atoms with E-state index in [1.165, 1.54) is 24.0 Å². The molecule has 0 bridgehead atoms. The fourth-order valence-corrected chi connectivity index (χ4v) is 2.79. The van der Waals surface area contributed by atoms with Crippen LogP contribution >= 0.6 is 0 Å². The maximum Gasteiger partial charge on any atom is 0.119 e. The van der Waals surface area contributed by atoms with Gasteiger partial charge < -0.3 is 9.57 Å². The van der Waals surface area contributed by atoms with Gasteiger partial charge in [-0.05, 0) is 55.9 Å². The Morgan fingerprint density at radius 1 is 1.19 bits per heavy atom. The Bertz CT molecular complexity index is 482.